The number of benzene rings is 2. The highest BCUT2D eigenvalue weighted by Gasteiger charge is 2.19. The Labute approximate surface area is 132 Å². The lowest BCUT2D eigenvalue weighted by atomic mass is 10.0. The molecule has 0 aliphatic carbocycles. The molecule has 1 atom stereocenters. The average molecular weight is 316 g/mol. The number of hydrogen-bond acceptors (Lipinski definition) is 3. The third kappa shape index (κ3) is 4.16. The van der Waals surface area contributed by atoms with E-state index in [1.807, 2.05) is 63.2 Å². The van der Waals surface area contributed by atoms with Gasteiger partial charge in [0, 0.05) is 5.56 Å². The molecule has 2 rings (SSSR count). The first kappa shape index (κ1) is 16.7. The van der Waals surface area contributed by atoms with Gasteiger partial charge in [0.15, 0.2) is 0 Å². The van der Waals surface area contributed by atoms with Crippen LogP contribution in [0.15, 0.2) is 42.5 Å². The van der Waals surface area contributed by atoms with E-state index in [1.165, 1.54) is 0 Å². The zero-order valence-corrected chi connectivity index (χ0v) is 14.2. The SMILES string of the molecule is Cc1cc(C)c(C(=O)[PH](=O)OCCc2ccccc2)c(C)c1. The number of rotatable bonds is 6. The molecule has 0 radical (unpaired) electrons. The van der Waals surface area contributed by atoms with Crippen LogP contribution in [0.3, 0.4) is 0 Å². The smallest absolute Gasteiger partial charge is 0.260 e. The lowest BCUT2D eigenvalue weighted by molar-refractivity contribution is 0.105. The first-order valence-electron chi connectivity index (χ1n) is 7.32. The molecule has 3 nitrogen and oxygen atoms in total. The van der Waals surface area contributed by atoms with Crippen LogP contribution in [0.5, 0.6) is 0 Å². The normalized spacial score (nSPS) is 12.1. The average Bonchev–Trinajstić information content (AvgIpc) is 2.47. The Morgan fingerprint density at radius 2 is 1.64 bits per heavy atom. The van der Waals surface area contributed by atoms with Crippen LogP contribution in [-0.4, -0.2) is 12.1 Å². The summed E-state index contributed by atoms with van der Waals surface area (Å²) in [5, 5.41) is 0. The Morgan fingerprint density at radius 1 is 1.05 bits per heavy atom. The van der Waals surface area contributed by atoms with Crippen molar-refractivity contribution in [2.24, 2.45) is 0 Å². The second kappa shape index (κ2) is 7.53. The molecule has 0 aromatic heterocycles. The Morgan fingerprint density at radius 3 is 2.23 bits per heavy atom. The number of carbonyl (C=O) groups is 1. The van der Waals surface area contributed by atoms with Crippen molar-refractivity contribution >= 4 is 13.6 Å². The van der Waals surface area contributed by atoms with Crippen molar-refractivity contribution in [2.75, 3.05) is 6.61 Å². The van der Waals surface area contributed by atoms with Gasteiger partial charge in [-0.3, -0.25) is 9.36 Å². The van der Waals surface area contributed by atoms with Gasteiger partial charge >= 0.3 is 0 Å². The van der Waals surface area contributed by atoms with E-state index < -0.39 is 8.03 Å². The molecule has 116 valence electrons. The summed E-state index contributed by atoms with van der Waals surface area (Å²) in [4.78, 5) is 12.3. The highest BCUT2D eigenvalue weighted by molar-refractivity contribution is 7.60. The molecule has 4 heteroatoms. The number of aryl methyl sites for hydroxylation is 3. The van der Waals surface area contributed by atoms with Crippen molar-refractivity contribution < 1.29 is 13.9 Å². The van der Waals surface area contributed by atoms with Crippen molar-refractivity contribution in [3.05, 3.63) is 70.3 Å². The maximum Gasteiger partial charge on any atom is 0.260 e. The summed E-state index contributed by atoms with van der Waals surface area (Å²) in [6, 6.07) is 13.7. The molecule has 0 aliphatic heterocycles. The van der Waals surface area contributed by atoms with E-state index in [2.05, 4.69) is 0 Å². The van der Waals surface area contributed by atoms with E-state index >= 15 is 0 Å². The molecule has 0 spiro atoms. The second-order valence-corrected chi connectivity index (χ2v) is 6.79. The Hall–Kier alpha value is -1.70. The molecule has 0 saturated carbocycles. The molecule has 0 aliphatic rings. The molecule has 0 heterocycles. The maximum atomic E-state index is 12.3. The number of hydrogen-bond donors (Lipinski definition) is 0. The molecule has 0 amide bonds. The van der Waals surface area contributed by atoms with Gasteiger partial charge in [0.2, 0.25) is 5.52 Å². The van der Waals surface area contributed by atoms with Crippen LogP contribution in [0.2, 0.25) is 0 Å². The summed E-state index contributed by atoms with van der Waals surface area (Å²) < 4.78 is 17.4. The van der Waals surface area contributed by atoms with E-state index in [-0.39, 0.29) is 12.1 Å². The lowest BCUT2D eigenvalue weighted by Crippen LogP contribution is -2.03. The fourth-order valence-electron chi connectivity index (χ4n) is 2.61. The fourth-order valence-corrected chi connectivity index (χ4v) is 3.63. The molecular weight excluding hydrogens is 295 g/mol. The first-order valence-corrected chi connectivity index (χ1v) is 8.64. The van der Waals surface area contributed by atoms with Crippen molar-refractivity contribution in [3.63, 3.8) is 0 Å². The van der Waals surface area contributed by atoms with Crippen molar-refractivity contribution in [1.82, 2.24) is 0 Å². The highest BCUT2D eigenvalue weighted by Crippen LogP contribution is 2.31. The van der Waals surface area contributed by atoms with Gasteiger partial charge in [0.25, 0.3) is 8.03 Å². The van der Waals surface area contributed by atoms with E-state index in [9.17, 15) is 9.36 Å². The van der Waals surface area contributed by atoms with Gasteiger partial charge in [-0.05, 0) is 43.9 Å². The summed E-state index contributed by atoms with van der Waals surface area (Å²) in [6.07, 6.45) is 0.649. The predicted octanol–water partition coefficient (Wildman–Crippen LogP) is 4.49. The zero-order chi connectivity index (χ0) is 16.1. The van der Waals surface area contributed by atoms with Crippen molar-refractivity contribution in [3.8, 4) is 0 Å². The van der Waals surface area contributed by atoms with Gasteiger partial charge in [0.05, 0.1) is 6.61 Å². The van der Waals surface area contributed by atoms with Crippen LogP contribution in [0.1, 0.15) is 32.6 Å². The molecule has 0 fully saturated rings. The van der Waals surface area contributed by atoms with E-state index in [1.54, 1.807) is 0 Å². The van der Waals surface area contributed by atoms with Crippen LogP contribution < -0.4 is 0 Å². The molecule has 2 aromatic carbocycles. The maximum absolute atomic E-state index is 12.3. The molecule has 1 unspecified atom stereocenters. The van der Waals surface area contributed by atoms with Crippen molar-refractivity contribution in [1.29, 1.82) is 0 Å². The third-order valence-electron chi connectivity index (χ3n) is 3.56. The van der Waals surface area contributed by atoms with E-state index in [0.717, 1.165) is 22.3 Å². The standard InChI is InChI=1S/C18H21O3P/c1-13-11-14(2)17(15(3)12-13)18(19)22(20)21-10-9-16-7-5-4-6-8-16/h4-8,11-12,22H,9-10H2,1-3H3. The third-order valence-corrected chi connectivity index (χ3v) is 4.64. The van der Waals surface area contributed by atoms with Gasteiger partial charge < -0.3 is 4.52 Å². The van der Waals surface area contributed by atoms with E-state index in [4.69, 9.17) is 4.52 Å². The largest absolute Gasteiger partial charge is 0.325 e. The summed E-state index contributed by atoms with van der Waals surface area (Å²) in [6.45, 7) is 6.00. The molecule has 22 heavy (non-hydrogen) atoms. The van der Waals surface area contributed by atoms with Crippen LogP contribution in [0.25, 0.3) is 0 Å². The minimum absolute atomic E-state index is 0.289. The van der Waals surface area contributed by atoms with Crippen LogP contribution in [-0.2, 0) is 15.5 Å². The molecule has 2 aromatic rings. The monoisotopic (exact) mass is 316 g/mol. The minimum Gasteiger partial charge on any atom is -0.325 e. The minimum atomic E-state index is -2.74. The lowest BCUT2D eigenvalue weighted by Gasteiger charge is -2.10. The van der Waals surface area contributed by atoms with Gasteiger partial charge in [-0.1, -0.05) is 48.0 Å². The summed E-state index contributed by atoms with van der Waals surface area (Å²) in [5.74, 6) is 0. The first-order chi connectivity index (χ1) is 10.5. The Kier molecular flexibility index (Phi) is 5.70. The summed E-state index contributed by atoms with van der Waals surface area (Å²) in [5.41, 5.74) is 4.06. The molecule has 0 N–H and O–H groups in total. The van der Waals surface area contributed by atoms with Crippen LogP contribution in [0.4, 0.5) is 0 Å². The predicted molar refractivity (Wildman–Crippen MR) is 90.1 cm³/mol. The molecule has 0 saturated heterocycles. The van der Waals surface area contributed by atoms with Crippen LogP contribution in [0, 0.1) is 20.8 Å². The highest BCUT2D eigenvalue weighted by atomic mass is 31.1. The second-order valence-electron chi connectivity index (χ2n) is 5.47. The Balaban J connectivity index is 2.00. The quantitative estimate of drug-likeness (QED) is 0.738. The van der Waals surface area contributed by atoms with Gasteiger partial charge in [-0.15, -0.1) is 0 Å². The van der Waals surface area contributed by atoms with Gasteiger partial charge in [0.1, 0.15) is 0 Å². The van der Waals surface area contributed by atoms with Crippen LogP contribution >= 0.6 is 8.03 Å². The molecular formula is C18H21O3P. The Bertz CT molecular complexity index is 670. The van der Waals surface area contributed by atoms with Gasteiger partial charge in [-0.25, -0.2) is 0 Å². The summed E-state index contributed by atoms with van der Waals surface area (Å²) in [7, 11) is -2.74. The van der Waals surface area contributed by atoms with E-state index in [0.29, 0.717) is 12.0 Å². The van der Waals surface area contributed by atoms with Crippen molar-refractivity contribution in [2.45, 2.75) is 27.2 Å². The number of carbonyl (C=O) groups excluding carboxylic acids is 1. The fraction of sp³-hybridized carbons (Fsp3) is 0.278. The topological polar surface area (TPSA) is 43.4 Å². The molecule has 0 bridgehead atoms. The van der Waals surface area contributed by atoms with Gasteiger partial charge in [-0.2, -0.15) is 0 Å². The zero-order valence-electron chi connectivity index (χ0n) is 13.2. The summed E-state index contributed by atoms with van der Waals surface area (Å²) >= 11 is 0.